The van der Waals surface area contributed by atoms with Gasteiger partial charge in [-0.15, -0.1) is 0 Å². The van der Waals surface area contributed by atoms with Gasteiger partial charge in [0.2, 0.25) is 15.8 Å². The molecule has 0 unspecified atom stereocenters. The van der Waals surface area contributed by atoms with E-state index in [1.54, 1.807) is 12.1 Å². The van der Waals surface area contributed by atoms with Crippen molar-refractivity contribution in [1.82, 2.24) is 4.72 Å². The molecule has 0 heterocycles. The van der Waals surface area contributed by atoms with E-state index >= 15 is 0 Å². The molecule has 0 spiro atoms. The maximum Gasteiger partial charge on any atom is 0.324 e. The molecule has 0 radical (unpaired) electrons. The minimum absolute atomic E-state index is 0.198. The Morgan fingerprint density at radius 2 is 1.57 bits per heavy atom. The molecule has 0 saturated carbocycles. The molecule has 7 nitrogen and oxygen atoms in total. The van der Waals surface area contributed by atoms with Crippen LogP contribution < -0.4 is 9.46 Å². The summed E-state index contributed by atoms with van der Waals surface area (Å²) in [5.41, 5.74) is 0.320. The molecule has 1 N–H and O–H groups in total. The number of carbonyl (C=O) groups excluding carboxylic acids is 2. The molecule has 0 fully saturated rings. The molecular formula is C19H20FNO6S. The monoisotopic (exact) mass is 409 g/mol. The van der Waals surface area contributed by atoms with Gasteiger partial charge < -0.3 is 9.47 Å². The van der Waals surface area contributed by atoms with Crippen molar-refractivity contribution in [3.05, 3.63) is 59.9 Å². The summed E-state index contributed by atoms with van der Waals surface area (Å²) < 4.78 is 49.6. The topological polar surface area (TPSA) is 98.8 Å². The zero-order chi connectivity index (χ0) is 20.9. The van der Waals surface area contributed by atoms with E-state index in [-0.39, 0.29) is 4.90 Å². The number of hydrogen-bond donors (Lipinski definition) is 1. The maximum atomic E-state index is 12.9. The van der Waals surface area contributed by atoms with Crippen LogP contribution in [0.25, 0.3) is 0 Å². The van der Waals surface area contributed by atoms with E-state index in [0.29, 0.717) is 11.3 Å². The smallest absolute Gasteiger partial charge is 0.324 e. The van der Waals surface area contributed by atoms with E-state index in [2.05, 4.69) is 4.72 Å². The van der Waals surface area contributed by atoms with Gasteiger partial charge in [0, 0.05) is 5.56 Å². The van der Waals surface area contributed by atoms with E-state index in [9.17, 15) is 22.4 Å². The van der Waals surface area contributed by atoms with Gasteiger partial charge in [0.1, 0.15) is 17.6 Å². The second-order valence-electron chi connectivity index (χ2n) is 5.97. The first kappa shape index (κ1) is 21.5. The Hall–Kier alpha value is -2.78. The normalized spacial score (nSPS) is 13.4. The van der Waals surface area contributed by atoms with Crippen LogP contribution in [0.15, 0.2) is 53.4 Å². The Bertz CT molecular complexity index is 941. The Labute approximate surface area is 162 Å². The third-order valence-corrected chi connectivity index (χ3v) is 5.40. The standard InChI is InChI=1S/C19H20FNO6S/c1-12(21-28(24,25)17-10-6-15(20)7-11-17)19(23)27-13(2)18(22)14-4-8-16(26-3)9-5-14/h4-13,21H,1-3H3/t12-,13-/m0/s1. The highest BCUT2D eigenvalue weighted by Gasteiger charge is 2.26. The molecule has 0 aliphatic carbocycles. The van der Waals surface area contributed by atoms with Gasteiger partial charge in [-0.2, -0.15) is 4.72 Å². The van der Waals surface area contributed by atoms with Gasteiger partial charge in [0.25, 0.3) is 0 Å². The number of ether oxygens (including phenoxy) is 2. The zero-order valence-electron chi connectivity index (χ0n) is 15.5. The van der Waals surface area contributed by atoms with Gasteiger partial charge in [0.05, 0.1) is 12.0 Å². The lowest BCUT2D eigenvalue weighted by atomic mass is 10.1. The van der Waals surface area contributed by atoms with Crippen molar-refractivity contribution in [2.75, 3.05) is 7.11 Å². The van der Waals surface area contributed by atoms with Crippen LogP contribution in [0.5, 0.6) is 5.75 Å². The molecule has 2 aromatic rings. The summed E-state index contributed by atoms with van der Waals surface area (Å²) >= 11 is 0. The number of nitrogens with one attached hydrogen (secondary N) is 1. The van der Waals surface area contributed by atoms with Crippen molar-refractivity contribution in [1.29, 1.82) is 0 Å². The average molecular weight is 409 g/mol. The fourth-order valence-corrected chi connectivity index (χ4v) is 3.47. The number of halogens is 1. The largest absolute Gasteiger partial charge is 0.497 e. The summed E-state index contributed by atoms with van der Waals surface area (Å²) in [7, 11) is -2.56. The van der Waals surface area contributed by atoms with Crippen LogP contribution in [-0.4, -0.2) is 39.4 Å². The van der Waals surface area contributed by atoms with Crippen molar-refractivity contribution in [2.24, 2.45) is 0 Å². The Kier molecular flexibility index (Phi) is 6.87. The Morgan fingerprint density at radius 3 is 2.11 bits per heavy atom. The van der Waals surface area contributed by atoms with Crippen molar-refractivity contribution >= 4 is 21.8 Å². The van der Waals surface area contributed by atoms with Crippen molar-refractivity contribution in [3.63, 3.8) is 0 Å². The molecule has 0 saturated heterocycles. The first-order valence-corrected chi connectivity index (χ1v) is 9.79. The first-order valence-electron chi connectivity index (χ1n) is 8.30. The Morgan fingerprint density at radius 1 is 1.00 bits per heavy atom. The van der Waals surface area contributed by atoms with Crippen LogP contribution >= 0.6 is 0 Å². The second-order valence-corrected chi connectivity index (χ2v) is 7.68. The predicted molar refractivity (Wildman–Crippen MR) is 99.1 cm³/mol. The van der Waals surface area contributed by atoms with Gasteiger partial charge >= 0.3 is 5.97 Å². The lowest BCUT2D eigenvalue weighted by Crippen LogP contribution is -2.41. The SMILES string of the molecule is COc1ccc(C(=O)[C@H](C)OC(=O)[C@H](C)NS(=O)(=O)c2ccc(F)cc2)cc1. The molecule has 2 rings (SSSR count). The van der Waals surface area contributed by atoms with E-state index in [1.807, 2.05) is 0 Å². The van der Waals surface area contributed by atoms with Gasteiger partial charge in [0.15, 0.2) is 6.10 Å². The van der Waals surface area contributed by atoms with Gasteiger partial charge in [-0.05, 0) is 62.4 Å². The van der Waals surface area contributed by atoms with Crippen molar-refractivity contribution in [3.8, 4) is 5.75 Å². The predicted octanol–water partition coefficient (Wildman–Crippen LogP) is 2.32. The number of rotatable bonds is 8. The number of esters is 1. The molecule has 2 atom stereocenters. The first-order chi connectivity index (χ1) is 13.1. The molecule has 2 aromatic carbocycles. The van der Waals surface area contributed by atoms with Crippen molar-refractivity contribution in [2.45, 2.75) is 30.9 Å². The molecule has 0 aliphatic heterocycles. The summed E-state index contributed by atoms with van der Waals surface area (Å²) in [5.74, 6) is -1.37. The highest BCUT2D eigenvalue weighted by Crippen LogP contribution is 2.15. The minimum atomic E-state index is -4.05. The van der Waals surface area contributed by atoms with Crippen LogP contribution in [0.3, 0.4) is 0 Å². The van der Waals surface area contributed by atoms with Gasteiger partial charge in [-0.25, -0.2) is 12.8 Å². The third-order valence-electron chi connectivity index (χ3n) is 3.85. The number of Topliss-reactive ketones (excluding diaryl/α,β-unsaturated/α-hetero) is 1. The highest BCUT2D eigenvalue weighted by atomic mass is 32.2. The quantitative estimate of drug-likeness (QED) is 0.531. The van der Waals surface area contributed by atoms with Crippen LogP contribution in [0.1, 0.15) is 24.2 Å². The van der Waals surface area contributed by atoms with Crippen LogP contribution in [0.2, 0.25) is 0 Å². The van der Waals surface area contributed by atoms with Crippen LogP contribution in [0, 0.1) is 5.82 Å². The summed E-state index contributed by atoms with van der Waals surface area (Å²) in [6.07, 6.45) is -1.11. The molecule has 0 bridgehead atoms. The van der Waals surface area contributed by atoms with Crippen LogP contribution in [0.4, 0.5) is 4.39 Å². The van der Waals surface area contributed by atoms with Gasteiger partial charge in [-0.1, -0.05) is 0 Å². The molecule has 0 aliphatic rings. The number of hydrogen-bond acceptors (Lipinski definition) is 6. The van der Waals surface area contributed by atoms with E-state index in [1.165, 1.54) is 33.1 Å². The molecular weight excluding hydrogens is 389 g/mol. The fraction of sp³-hybridized carbons (Fsp3) is 0.263. The highest BCUT2D eigenvalue weighted by molar-refractivity contribution is 7.89. The third kappa shape index (κ3) is 5.37. The van der Waals surface area contributed by atoms with E-state index in [0.717, 1.165) is 24.3 Å². The molecule has 0 amide bonds. The van der Waals surface area contributed by atoms with Crippen LogP contribution in [-0.2, 0) is 19.6 Å². The second kappa shape index (κ2) is 8.94. The molecule has 150 valence electrons. The van der Waals surface area contributed by atoms with E-state index in [4.69, 9.17) is 9.47 Å². The number of ketones is 1. The summed E-state index contributed by atoms with van der Waals surface area (Å²) in [5, 5.41) is 0. The van der Waals surface area contributed by atoms with E-state index < -0.39 is 39.7 Å². The number of sulfonamides is 1. The maximum absolute atomic E-state index is 12.9. The number of methoxy groups -OCH3 is 1. The summed E-state index contributed by atoms with van der Waals surface area (Å²) in [6.45, 7) is 2.68. The fourth-order valence-electron chi connectivity index (χ4n) is 2.28. The molecule has 28 heavy (non-hydrogen) atoms. The minimum Gasteiger partial charge on any atom is -0.497 e. The number of carbonyl (C=O) groups is 2. The average Bonchev–Trinajstić information content (AvgIpc) is 2.67. The molecule has 0 aromatic heterocycles. The lowest BCUT2D eigenvalue weighted by Gasteiger charge is -2.17. The molecule has 9 heteroatoms. The zero-order valence-corrected chi connectivity index (χ0v) is 16.3. The van der Waals surface area contributed by atoms with Crippen molar-refractivity contribution < 1.29 is 31.9 Å². The summed E-state index contributed by atoms with van der Waals surface area (Å²) in [6, 6.07) is 9.15. The lowest BCUT2D eigenvalue weighted by molar-refractivity contribution is -0.147. The Balaban J connectivity index is 2.00. The summed E-state index contributed by atoms with van der Waals surface area (Å²) in [4.78, 5) is 24.3. The number of benzene rings is 2. The van der Waals surface area contributed by atoms with Gasteiger partial charge in [-0.3, -0.25) is 9.59 Å².